The Labute approximate surface area is 413 Å². The van der Waals surface area contributed by atoms with E-state index in [1.165, 1.54) is 6.92 Å². The molecule has 0 N–H and O–H groups in total. The number of nitrogens with zero attached hydrogens (tertiary/aromatic N) is 3. The fourth-order valence-electron chi connectivity index (χ4n) is 8.14. The SMILES string of the molecule is CC(=O)O[C@H]1[C@@H](OC[C@H]2O[C@@H](O[Si](C)(C)C(C)(C)C)[C@H](N=[N+]=[N-])[C@@H](OCc3ccccc3)[C@@H]2OCc2ccccc2)O[C@H](COCc2ccccc2)[C@H](OCc2ccccc2)[C@@H]1OCc1ccccc1. The number of hydrogen-bond acceptors (Lipinski definition) is 12. The summed E-state index contributed by atoms with van der Waals surface area (Å²) in [6, 6.07) is 47.9. The first-order valence-corrected chi connectivity index (χ1v) is 26.8. The Hall–Kier alpha value is -5.26. The van der Waals surface area contributed by atoms with Crippen LogP contribution in [0.25, 0.3) is 10.4 Å². The van der Waals surface area contributed by atoms with Gasteiger partial charge in [-0.25, -0.2) is 0 Å². The highest BCUT2D eigenvalue weighted by molar-refractivity contribution is 6.74. The van der Waals surface area contributed by atoms with E-state index in [4.69, 9.17) is 47.1 Å². The van der Waals surface area contributed by atoms with Crippen molar-refractivity contribution in [2.45, 2.75) is 140 Å². The third-order valence-electron chi connectivity index (χ3n) is 12.9. The van der Waals surface area contributed by atoms with Crippen LogP contribution in [-0.4, -0.2) is 88.9 Å². The van der Waals surface area contributed by atoms with Crippen molar-refractivity contribution in [3.05, 3.63) is 190 Å². The van der Waals surface area contributed by atoms with E-state index < -0.39 is 75.6 Å². The topological polar surface area (TPSA) is 158 Å². The lowest BCUT2D eigenvalue weighted by molar-refractivity contribution is -0.333. The number of hydrogen-bond donors (Lipinski definition) is 0. The molecule has 5 aromatic carbocycles. The standard InChI is InChI=1S/C55H67N3O11Si/c1-39(59)66-52-51(64-36-44-30-20-11-21-31-44)49(62-34-42-26-16-9-17-27-42)45(37-60-32-40-22-12-7-13-23-40)68-54(52)65-38-46-48(61-33-41-24-14-8-15-25-41)50(63-35-43-28-18-10-19-29-43)47(57-58-56)53(67-46)69-70(5,6)55(2,3)4/h7-31,45-54H,32-38H2,1-6H3/t45-,46-,47-,48-,49+,50-,51+,52-,53+,54+/m1/s1. The number of ether oxygens (including phenoxy) is 9. The molecule has 14 nitrogen and oxygen atoms in total. The van der Waals surface area contributed by atoms with Crippen molar-refractivity contribution in [1.29, 1.82) is 0 Å². The average Bonchev–Trinajstić information content (AvgIpc) is 3.36. The Morgan fingerprint density at radius 3 is 1.36 bits per heavy atom. The van der Waals surface area contributed by atoms with E-state index in [2.05, 4.69) is 43.9 Å². The first kappa shape index (κ1) is 52.6. The molecule has 70 heavy (non-hydrogen) atoms. The van der Waals surface area contributed by atoms with Crippen LogP contribution in [0.3, 0.4) is 0 Å². The van der Waals surface area contributed by atoms with E-state index in [9.17, 15) is 10.3 Å². The van der Waals surface area contributed by atoms with Crippen molar-refractivity contribution >= 4 is 14.3 Å². The van der Waals surface area contributed by atoms with Crippen molar-refractivity contribution in [2.24, 2.45) is 5.11 Å². The number of azide groups is 1. The zero-order valence-corrected chi connectivity index (χ0v) is 42.0. The van der Waals surface area contributed by atoms with Gasteiger partial charge in [-0.1, -0.05) is 178 Å². The maximum Gasteiger partial charge on any atom is 0.303 e. The molecule has 0 amide bonds. The number of esters is 1. The molecular weight excluding hydrogens is 907 g/mol. The molecule has 0 bridgehead atoms. The minimum Gasteiger partial charge on any atom is -0.454 e. The lowest BCUT2D eigenvalue weighted by Gasteiger charge is -2.49. The van der Waals surface area contributed by atoms with E-state index in [1.807, 2.05) is 152 Å². The summed E-state index contributed by atoms with van der Waals surface area (Å²) in [5, 5.41) is 4.07. The van der Waals surface area contributed by atoms with Gasteiger partial charge in [0.15, 0.2) is 27.0 Å². The highest BCUT2D eigenvalue weighted by Gasteiger charge is 2.54. The third-order valence-corrected chi connectivity index (χ3v) is 17.3. The molecule has 2 aliphatic heterocycles. The summed E-state index contributed by atoms with van der Waals surface area (Å²) in [7, 11) is -2.59. The van der Waals surface area contributed by atoms with Crippen LogP contribution in [0.4, 0.5) is 0 Å². The minimum absolute atomic E-state index is 0.0839. The summed E-state index contributed by atoms with van der Waals surface area (Å²) in [5.41, 5.74) is 14.7. The van der Waals surface area contributed by atoms with Crippen molar-refractivity contribution in [3.63, 3.8) is 0 Å². The Morgan fingerprint density at radius 2 is 0.929 bits per heavy atom. The molecule has 2 saturated heterocycles. The number of benzene rings is 5. The van der Waals surface area contributed by atoms with E-state index in [0.717, 1.165) is 27.8 Å². The van der Waals surface area contributed by atoms with Gasteiger partial charge in [-0.05, 0) is 51.5 Å². The van der Waals surface area contributed by atoms with Gasteiger partial charge < -0.3 is 47.1 Å². The molecule has 2 heterocycles. The second-order valence-corrected chi connectivity index (χ2v) is 23.9. The minimum atomic E-state index is -2.59. The molecule has 0 aromatic heterocycles. The largest absolute Gasteiger partial charge is 0.454 e. The molecule has 372 valence electrons. The summed E-state index contributed by atoms with van der Waals surface area (Å²) in [6.07, 6.45) is -8.49. The summed E-state index contributed by atoms with van der Waals surface area (Å²) >= 11 is 0. The van der Waals surface area contributed by atoms with Gasteiger partial charge in [0, 0.05) is 11.8 Å². The summed E-state index contributed by atoms with van der Waals surface area (Å²) in [4.78, 5) is 16.5. The number of rotatable bonds is 23. The Morgan fingerprint density at radius 1 is 0.543 bits per heavy atom. The van der Waals surface area contributed by atoms with E-state index in [-0.39, 0.29) is 44.7 Å². The maximum atomic E-state index is 13.2. The van der Waals surface area contributed by atoms with Crippen LogP contribution in [0.15, 0.2) is 157 Å². The normalized spacial score (nSPS) is 24.9. The molecule has 0 radical (unpaired) electrons. The van der Waals surface area contributed by atoms with E-state index in [1.54, 1.807) is 0 Å². The first-order valence-electron chi connectivity index (χ1n) is 23.9. The summed E-state index contributed by atoms with van der Waals surface area (Å²) in [6.45, 7) is 12.9. The third kappa shape index (κ3) is 14.9. The number of carbonyl (C=O) groups excluding carboxylic acids is 1. The zero-order valence-electron chi connectivity index (χ0n) is 41.0. The van der Waals surface area contributed by atoms with Gasteiger partial charge in [-0.15, -0.1) is 0 Å². The Balaban J connectivity index is 1.25. The van der Waals surface area contributed by atoms with E-state index >= 15 is 0 Å². The van der Waals surface area contributed by atoms with Crippen LogP contribution >= 0.6 is 0 Å². The fraction of sp³-hybridized carbons (Fsp3) is 0.436. The predicted octanol–water partition coefficient (Wildman–Crippen LogP) is 10.6. The molecule has 10 atom stereocenters. The van der Waals surface area contributed by atoms with Gasteiger partial charge in [0.1, 0.15) is 42.7 Å². The second kappa shape index (κ2) is 25.7. The molecule has 0 saturated carbocycles. The highest BCUT2D eigenvalue weighted by Crippen LogP contribution is 2.41. The smallest absolute Gasteiger partial charge is 0.303 e. The van der Waals surface area contributed by atoms with Gasteiger partial charge in [0.2, 0.25) is 0 Å². The van der Waals surface area contributed by atoms with Crippen LogP contribution in [0.1, 0.15) is 55.5 Å². The fourth-order valence-corrected chi connectivity index (χ4v) is 9.27. The van der Waals surface area contributed by atoms with Gasteiger partial charge >= 0.3 is 5.97 Å². The zero-order chi connectivity index (χ0) is 49.4. The lowest BCUT2D eigenvalue weighted by atomic mass is 9.96. The van der Waals surface area contributed by atoms with Crippen LogP contribution in [0.2, 0.25) is 18.1 Å². The first-order chi connectivity index (χ1) is 33.9. The van der Waals surface area contributed by atoms with Crippen molar-refractivity contribution in [2.75, 3.05) is 13.2 Å². The van der Waals surface area contributed by atoms with Gasteiger partial charge in [-0.2, -0.15) is 0 Å². The van der Waals surface area contributed by atoms with Gasteiger partial charge in [0.05, 0.1) is 46.2 Å². The molecule has 5 aromatic rings. The molecule has 0 spiro atoms. The summed E-state index contributed by atoms with van der Waals surface area (Å²) in [5.74, 6) is -0.566. The second-order valence-electron chi connectivity index (χ2n) is 19.1. The quantitative estimate of drug-likeness (QED) is 0.0202. The molecule has 2 aliphatic rings. The molecular formula is C55H67N3O11Si. The van der Waals surface area contributed by atoms with Crippen LogP contribution in [0.5, 0.6) is 0 Å². The van der Waals surface area contributed by atoms with Crippen molar-refractivity contribution in [3.8, 4) is 0 Å². The number of carbonyl (C=O) groups is 1. The maximum absolute atomic E-state index is 13.2. The van der Waals surface area contributed by atoms with Crippen molar-refractivity contribution in [1.82, 2.24) is 0 Å². The Kier molecular flexibility index (Phi) is 19.3. The molecule has 0 aliphatic carbocycles. The van der Waals surface area contributed by atoms with Crippen molar-refractivity contribution < 1.29 is 51.9 Å². The van der Waals surface area contributed by atoms with E-state index in [0.29, 0.717) is 6.61 Å². The predicted molar refractivity (Wildman–Crippen MR) is 266 cm³/mol. The van der Waals surface area contributed by atoms with Crippen LogP contribution in [0, 0.1) is 0 Å². The van der Waals surface area contributed by atoms with Crippen LogP contribution < -0.4 is 0 Å². The monoisotopic (exact) mass is 973 g/mol. The van der Waals surface area contributed by atoms with Crippen LogP contribution in [-0.2, 0) is 84.9 Å². The summed E-state index contributed by atoms with van der Waals surface area (Å²) < 4.78 is 67.3. The molecule has 15 heteroatoms. The van der Waals surface area contributed by atoms with Gasteiger partial charge in [-0.3, -0.25) is 4.79 Å². The lowest BCUT2D eigenvalue weighted by Crippen LogP contribution is -2.64. The average molecular weight is 974 g/mol. The highest BCUT2D eigenvalue weighted by atomic mass is 28.4. The molecule has 2 fully saturated rings. The molecule has 7 rings (SSSR count). The Bertz CT molecular complexity index is 2360. The molecule has 0 unspecified atom stereocenters. The van der Waals surface area contributed by atoms with Gasteiger partial charge in [0.25, 0.3) is 0 Å².